The minimum Gasteiger partial charge on any atom is -0.351 e. The number of halogens is 1. The predicted octanol–water partition coefficient (Wildman–Crippen LogP) is 3.56. The Morgan fingerprint density at radius 2 is 1.94 bits per heavy atom. The number of rotatable bonds is 5. The number of aryl methyl sites for hydroxylation is 1. The lowest BCUT2D eigenvalue weighted by Crippen LogP contribution is -2.15. The van der Waals surface area contributed by atoms with E-state index in [0.717, 1.165) is 19.6 Å². The average Bonchev–Trinajstić information content (AvgIpc) is 2.79. The summed E-state index contributed by atoms with van der Waals surface area (Å²) in [6.07, 6.45) is 2.12. The van der Waals surface area contributed by atoms with Gasteiger partial charge in [-0.3, -0.25) is 0 Å². The molecule has 0 fully saturated rings. The molecule has 1 heterocycles. The number of hydrogen-bond acceptors (Lipinski definition) is 1. The van der Waals surface area contributed by atoms with Gasteiger partial charge in [-0.1, -0.05) is 34.1 Å². The molecule has 90 valence electrons. The molecule has 0 saturated carbocycles. The molecule has 2 aromatic rings. The molecular formula is C14H17BrN2. The van der Waals surface area contributed by atoms with E-state index in [2.05, 4.69) is 69.3 Å². The van der Waals surface area contributed by atoms with E-state index in [4.69, 9.17) is 0 Å². The summed E-state index contributed by atoms with van der Waals surface area (Å²) < 4.78 is 3.42. The molecule has 0 aliphatic carbocycles. The summed E-state index contributed by atoms with van der Waals surface area (Å²) in [6.45, 7) is 4.98. The molecule has 1 aromatic carbocycles. The second-order valence-corrected chi connectivity index (χ2v) is 4.83. The highest BCUT2D eigenvalue weighted by molar-refractivity contribution is 9.10. The van der Waals surface area contributed by atoms with Crippen molar-refractivity contribution in [2.45, 2.75) is 26.6 Å². The second kappa shape index (κ2) is 6.03. The standard InChI is InChI=1S/C14H17BrN2/c1-2-17-9-5-7-13(17)11-16-10-12-6-3-4-8-14(12)15/h3-9,16H,2,10-11H2,1H3. The maximum atomic E-state index is 3.56. The van der Waals surface area contributed by atoms with Crippen LogP contribution in [-0.4, -0.2) is 4.57 Å². The minimum atomic E-state index is 0.885. The predicted molar refractivity (Wildman–Crippen MR) is 74.8 cm³/mol. The molecule has 2 nitrogen and oxygen atoms in total. The number of hydrogen-bond donors (Lipinski definition) is 1. The second-order valence-electron chi connectivity index (χ2n) is 3.98. The Bertz CT molecular complexity index is 477. The quantitative estimate of drug-likeness (QED) is 0.892. The van der Waals surface area contributed by atoms with Crippen molar-refractivity contribution in [3.8, 4) is 0 Å². The van der Waals surface area contributed by atoms with Gasteiger partial charge in [-0.05, 0) is 30.7 Å². The van der Waals surface area contributed by atoms with Gasteiger partial charge in [0.05, 0.1) is 0 Å². The molecule has 3 heteroatoms. The lowest BCUT2D eigenvalue weighted by atomic mass is 10.2. The van der Waals surface area contributed by atoms with Crippen molar-refractivity contribution >= 4 is 15.9 Å². The molecule has 0 bridgehead atoms. The molecule has 2 rings (SSSR count). The van der Waals surface area contributed by atoms with E-state index in [1.165, 1.54) is 15.7 Å². The molecule has 0 radical (unpaired) electrons. The van der Waals surface area contributed by atoms with E-state index in [0.29, 0.717) is 0 Å². The SMILES string of the molecule is CCn1cccc1CNCc1ccccc1Br. The van der Waals surface area contributed by atoms with Crippen molar-refractivity contribution < 1.29 is 0 Å². The van der Waals surface area contributed by atoms with Crippen LogP contribution in [0.15, 0.2) is 47.1 Å². The van der Waals surface area contributed by atoms with Crippen molar-refractivity contribution in [1.29, 1.82) is 0 Å². The third kappa shape index (κ3) is 3.20. The molecule has 1 N–H and O–H groups in total. The fraction of sp³-hybridized carbons (Fsp3) is 0.286. The van der Waals surface area contributed by atoms with Gasteiger partial charge in [0.15, 0.2) is 0 Å². The van der Waals surface area contributed by atoms with Crippen LogP contribution in [0.1, 0.15) is 18.2 Å². The third-order valence-corrected chi connectivity index (χ3v) is 3.62. The molecule has 0 spiro atoms. The average molecular weight is 293 g/mol. The fourth-order valence-corrected chi connectivity index (χ4v) is 2.31. The highest BCUT2D eigenvalue weighted by Crippen LogP contribution is 2.15. The van der Waals surface area contributed by atoms with Crippen molar-refractivity contribution in [3.63, 3.8) is 0 Å². The van der Waals surface area contributed by atoms with Crippen LogP contribution in [0.5, 0.6) is 0 Å². The van der Waals surface area contributed by atoms with Gasteiger partial charge < -0.3 is 9.88 Å². The number of nitrogens with one attached hydrogen (secondary N) is 1. The highest BCUT2D eigenvalue weighted by Gasteiger charge is 2.00. The van der Waals surface area contributed by atoms with Gasteiger partial charge in [0.1, 0.15) is 0 Å². The first-order valence-electron chi connectivity index (χ1n) is 5.89. The van der Waals surface area contributed by atoms with E-state index in [1.807, 2.05) is 6.07 Å². The Hall–Kier alpha value is -1.06. The molecule has 0 atom stereocenters. The van der Waals surface area contributed by atoms with E-state index in [1.54, 1.807) is 0 Å². The van der Waals surface area contributed by atoms with Crippen LogP contribution < -0.4 is 5.32 Å². The summed E-state index contributed by atoms with van der Waals surface area (Å²) in [5.74, 6) is 0. The van der Waals surface area contributed by atoms with Crippen LogP contribution in [0.2, 0.25) is 0 Å². The zero-order chi connectivity index (χ0) is 12.1. The maximum absolute atomic E-state index is 3.56. The van der Waals surface area contributed by atoms with Gasteiger partial charge in [-0.25, -0.2) is 0 Å². The van der Waals surface area contributed by atoms with E-state index < -0.39 is 0 Å². The van der Waals surface area contributed by atoms with Gasteiger partial charge in [-0.15, -0.1) is 0 Å². The Balaban J connectivity index is 1.90. The molecule has 0 saturated heterocycles. The summed E-state index contributed by atoms with van der Waals surface area (Å²) >= 11 is 3.56. The van der Waals surface area contributed by atoms with Crippen molar-refractivity contribution in [2.75, 3.05) is 0 Å². The van der Waals surface area contributed by atoms with Crippen LogP contribution in [0.4, 0.5) is 0 Å². The normalized spacial score (nSPS) is 10.7. The van der Waals surface area contributed by atoms with Crippen molar-refractivity contribution in [1.82, 2.24) is 9.88 Å². The summed E-state index contributed by atoms with van der Waals surface area (Å²) in [5, 5.41) is 3.47. The van der Waals surface area contributed by atoms with E-state index >= 15 is 0 Å². The Labute approximate surface area is 111 Å². The van der Waals surface area contributed by atoms with Crippen molar-refractivity contribution in [2.24, 2.45) is 0 Å². The summed E-state index contributed by atoms with van der Waals surface area (Å²) in [7, 11) is 0. The zero-order valence-corrected chi connectivity index (χ0v) is 11.6. The summed E-state index contributed by atoms with van der Waals surface area (Å²) in [6, 6.07) is 12.6. The third-order valence-electron chi connectivity index (χ3n) is 2.84. The molecule has 0 aliphatic heterocycles. The topological polar surface area (TPSA) is 17.0 Å². The molecule has 0 amide bonds. The van der Waals surface area contributed by atoms with Gasteiger partial charge in [0.2, 0.25) is 0 Å². The lowest BCUT2D eigenvalue weighted by Gasteiger charge is -2.09. The summed E-state index contributed by atoms with van der Waals surface area (Å²) in [4.78, 5) is 0. The first kappa shape index (κ1) is 12.4. The van der Waals surface area contributed by atoms with Crippen LogP contribution in [-0.2, 0) is 19.6 Å². The Kier molecular flexibility index (Phi) is 4.40. The molecular weight excluding hydrogens is 276 g/mol. The van der Waals surface area contributed by atoms with Crippen LogP contribution >= 0.6 is 15.9 Å². The maximum Gasteiger partial charge on any atom is 0.0362 e. The lowest BCUT2D eigenvalue weighted by molar-refractivity contribution is 0.628. The van der Waals surface area contributed by atoms with Crippen LogP contribution in [0.3, 0.4) is 0 Å². The Morgan fingerprint density at radius 3 is 2.71 bits per heavy atom. The Morgan fingerprint density at radius 1 is 1.12 bits per heavy atom. The van der Waals surface area contributed by atoms with Gasteiger partial charge in [-0.2, -0.15) is 0 Å². The van der Waals surface area contributed by atoms with E-state index in [9.17, 15) is 0 Å². The van der Waals surface area contributed by atoms with E-state index in [-0.39, 0.29) is 0 Å². The molecule has 0 aliphatic rings. The van der Waals surface area contributed by atoms with Gasteiger partial charge in [0, 0.05) is 36.0 Å². The minimum absolute atomic E-state index is 0.885. The smallest absolute Gasteiger partial charge is 0.0362 e. The molecule has 17 heavy (non-hydrogen) atoms. The zero-order valence-electron chi connectivity index (χ0n) is 9.99. The summed E-state index contributed by atoms with van der Waals surface area (Å²) in [5.41, 5.74) is 2.63. The first-order valence-corrected chi connectivity index (χ1v) is 6.68. The monoisotopic (exact) mass is 292 g/mol. The van der Waals surface area contributed by atoms with Crippen molar-refractivity contribution in [3.05, 3.63) is 58.3 Å². The largest absolute Gasteiger partial charge is 0.351 e. The van der Waals surface area contributed by atoms with Gasteiger partial charge >= 0.3 is 0 Å². The van der Waals surface area contributed by atoms with Gasteiger partial charge in [0.25, 0.3) is 0 Å². The highest BCUT2D eigenvalue weighted by atomic mass is 79.9. The van der Waals surface area contributed by atoms with Crippen LogP contribution in [0.25, 0.3) is 0 Å². The molecule has 0 unspecified atom stereocenters. The number of aromatic nitrogens is 1. The van der Waals surface area contributed by atoms with Crippen LogP contribution in [0, 0.1) is 0 Å². The number of benzene rings is 1. The number of nitrogens with zero attached hydrogens (tertiary/aromatic N) is 1. The molecule has 1 aromatic heterocycles. The first-order chi connectivity index (χ1) is 8.31. The fourth-order valence-electron chi connectivity index (χ4n) is 1.89.